The zero-order valence-electron chi connectivity index (χ0n) is 9.99. The van der Waals surface area contributed by atoms with Crippen LogP contribution in [0.1, 0.15) is 29.6 Å². The number of carbonyl (C=O) groups is 1. The first-order valence-corrected chi connectivity index (χ1v) is 6.84. The van der Waals surface area contributed by atoms with Gasteiger partial charge < -0.3 is 15.2 Å². The van der Waals surface area contributed by atoms with Crippen LogP contribution in [0.15, 0.2) is 22.7 Å². The number of benzene rings is 1. The second kappa shape index (κ2) is 6.20. The first-order valence-electron chi connectivity index (χ1n) is 6.04. The number of hydrogen-bond acceptors (Lipinski definition) is 3. The molecule has 1 atom stereocenters. The SMILES string of the molecule is O=C(O)c1cc(Br)cc(NCC2CCCCO2)c1. The lowest BCUT2D eigenvalue weighted by molar-refractivity contribution is 0.0247. The number of carboxylic acids is 1. The number of anilines is 1. The third-order valence-electron chi connectivity index (χ3n) is 2.95. The molecule has 0 bridgehead atoms. The summed E-state index contributed by atoms with van der Waals surface area (Å²) < 4.78 is 6.38. The molecule has 1 saturated heterocycles. The topological polar surface area (TPSA) is 58.6 Å². The van der Waals surface area contributed by atoms with E-state index in [1.165, 1.54) is 6.42 Å². The quantitative estimate of drug-likeness (QED) is 0.896. The zero-order valence-corrected chi connectivity index (χ0v) is 11.6. The molecule has 18 heavy (non-hydrogen) atoms. The minimum Gasteiger partial charge on any atom is -0.478 e. The summed E-state index contributed by atoms with van der Waals surface area (Å²) in [5.74, 6) is -0.923. The van der Waals surface area contributed by atoms with Crippen LogP contribution < -0.4 is 5.32 Å². The molecule has 0 spiro atoms. The van der Waals surface area contributed by atoms with Gasteiger partial charge in [-0.3, -0.25) is 0 Å². The van der Waals surface area contributed by atoms with Crippen molar-refractivity contribution < 1.29 is 14.6 Å². The van der Waals surface area contributed by atoms with Gasteiger partial charge in [0.05, 0.1) is 11.7 Å². The highest BCUT2D eigenvalue weighted by Gasteiger charge is 2.13. The first-order chi connectivity index (χ1) is 8.65. The molecule has 1 aromatic carbocycles. The van der Waals surface area contributed by atoms with Crippen LogP contribution in [-0.2, 0) is 4.74 Å². The van der Waals surface area contributed by atoms with Gasteiger partial charge in [-0.1, -0.05) is 15.9 Å². The average Bonchev–Trinajstić information content (AvgIpc) is 2.37. The Kier molecular flexibility index (Phi) is 4.60. The fourth-order valence-corrected chi connectivity index (χ4v) is 2.51. The molecule has 5 heteroatoms. The molecule has 0 aliphatic carbocycles. The Morgan fingerprint density at radius 3 is 2.94 bits per heavy atom. The van der Waals surface area contributed by atoms with E-state index in [0.29, 0.717) is 0 Å². The summed E-state index contributed by atoms with van der Waals surface area (Å²) >= 11 is 3.31. The van der Waals surface area contributed by atoms with E-state index in [1.54, 1.807) is 12.1 Å². The van der Waals surface area contributed by atoms with Crippen LogP contribution in [0.25, 0.3) is 0 Å². The molecule has 1 heterocycles. The standard InChI is InChI=1S/C13H16BrNO3/c14-10-5-9(13(16)17)6-11(7-10)15-8-12-3-1-2-4-18-12/h5-7,12,15H,1-4,8H2,(H,16,17). The maximum atomic E-state index is 10.9. The zero-order chi connectivity index (χ0) is 13.0. The van der Waals surface area contributed by atoms with Crippen LogP contribution in [-0.4, -0.2) is 30.3 Å². The van der Waals surface area contributed by atoms with Gasteiger partial charge in [-0.15, -0.1) is 0 Å². The molecule has 2 rings (SSSR count). The molecular weight excluding hydrogens is 298 g/mol. The van der Waals surface area contributed by atoms with Gasteiger partial charge in [-0.2, -0.15) is 0 Å². The van der Waals surface area contributed by atoms with Crippen LogP contribution in [0, 0.1) is 0 Å². The molecule has 0 saturated carbocycles. The van der Waals surface area contributed by atoms with Crippen LogP contribution in [0.5, 0.6) is 0 Å². The van der Waals surface area contributed by atoms with Crippen molar-refractivity contribution in [3.63, 3.8) is 0 Å². The van der Waals surface area contributed by atoms with Crippen LogP contribution in [0.2, 0.25) is 0 Å². The Hall–Kier alpha value is -1.07. The Bertz CT molecular complexity index is 430. The fourth-order valence-electron chi connectivity index (χ4n) is 2.02. The third kappa shape index (κ3) is 3.71. The van der Waals surface area contributed by atoms with Gasteiger partial charge in [-0.05, 0) is 37.5 Å². The van der Waals surface area contributed by atoms with E-state index in [1.807, 2.05) is 6.07 Å². The van der Waals surface area contributed by atoms with Crippen molar-refractivity contribution in [2.24, 2.45) is 0 Å². The van der Waals surface area contributed by atoms with Crippen molar-refractivity contribution in [2.75, 3.05) is 18.5 Å². The number of ether oxygens (including phenoxy) is 1. The lowest BCUT2D eigenvalue weighted by Gasteiger charge is -2.23. The summed E-state index contributed by atoms with van der Waals surface area (Å²) in [5.41, 5.74) is 1.08. The van der Waals surface area contributed by atoms with Crippen LogP contribution in [0.4, 0.5) is 5.69 Å². The second-order valence-corrected chi connectivity index (χ2v) is 5.32. The maximum Gasteiger partial charge on any atom is 0.335 e. The average molecular weight is 314 g/mol. The Balaban J connectivity index is 1.97. The Morgan fingerprint density at radius 1 is 1.44 bits per heavy atom. The molecule has 0 radical (unpaired) electrons. The molecule has 1 unspecified atom stereocenters. The lowest BCUT2D eigenvalue weighted by atomic mass is 10.1. The molecule has 4 nitrogen and oxygen atoms in total. The van der Waals surface area contributed by atoms with E-state index in [0.717, 1.165) is 36.2 Å². The van der Waals surface area contributed by atoms with E-state index in [2.05, 4.69) is 21.2 Å². The highest BCUT2D eigenvalue weighted by Crippen LogP contribution is 2.20. The highest BCUT2D eigenvalue weighted by molar-refractivity contribution is 9.10. The minimum absolute atomic E-state index is 0.228. The second-order valence-electron chi connectivity index (χ2n) is 4.40. The van der Waals surface area contributed by atoms with Crippen molar-refractivity contribution in [3.8, 4) is 0 Å². The number of carboxylic acid groups (broad SMARTS) is 1. The monoisotopic (exact) mass is 313 g/mol. The summed E-state index contributed by atoms with van der Waals surface area (Å²) in [5, 5.41) is 12.2. The number of aromatic carboxylic acids is 1. The van der Waals surface area contributed by atoms with Gasteiger partial charge in [0.2, 0.25) is 0 Å². The van der Waals surface area contributed by atoms with Crippen molar-refractivity contribution in [1.82, 2.24) is 0 Å². The molecule has 0 aromatic heterocycles. The summed E-state index contributed by atoms with van der Waals surface area (Å²) in [6.45, 7) is 1.54. The molecule has 1 aromatic rings. The van der Waals surface area contributed by atoms with E-state index >= 15 is 0 Å². The number of halogens is 1. The molecule has 0 amide bonds. The lowest BCUT2D eigenvalue weighted by Crippen LogP contribution is -2.27. The van der Waals surface area contributed by atoms with Crippen molar-refractivity contribution >= 4 is 27.6 Å². The van der Waals surface area contributed by atoms with Gasteiger partial charge in [0, 0.05) is 23.3 Å². The van der Waals surface area contributed by atoms with Crippen molar-refractivity contribution in [2.45, 2.75) is 25.4 Å². The summed E-state index contributed by atoms with van der Waals surface area (Å²) in [4.78, 5) is 10.9. The highest BCUT2D eigenvalue weighted by atomic mass is 79.9. The number of rotatable bonds is 4. The Labute approximate surface area is 114 Å². The van der Waals surface area contributed by atoms with Gasteiger partial charge in [0.15, 0.2) is 0 Å². The third-order valence-corrected chi connectivity index (χ3v) is 3.41. The van der Waals surface area contributed by atoms with Gasteiger partial charge >= 0.3 is 5.97 Å². The summed E-state index contributed by atoms with van der Waals surface area (Å²) in [6, 6.07) is 5.09. The van der Waals surface area contributed by atoms with Crippen molar-refractivity contribution in [3.05, 3.63) is 28.2 Å². The molecule has 1 aliphatic rings. The number of nitrogens with one attached hydrogen (secondary N) is 1. The summed E-state index contributed by atoms with van der Waals surface area (Å²) in [6.07, 6.45) is 3.63. The van der Waals surface area contributed by atoms with E-state index in [-0.39, 0.29) is 11.7 Å². The minimum atomic E-state index is -0.923. The largest absolute Gasteiger partial charge is 0.478 e. The van der Waals surface area contributed by atoms with E-state index in [4.69, 9.17) is 9.84 Å². The molecule has 2 N–H and O–H groups in total. The van der Waals surface area contributed by atoms with Gasteiger partial charge in [0.1, 0.15) is 0 Å². The van der Waals surface area contributed by atoms with Gasteiger partial charge in [0.25, 0.3) is 0 Å². The van der Waals surface area contributed by atoms with Crippen molar-refractivity contribution in [1.29, 1.82) is 0 Å². The van der Waals surface area contributed by atoms with Gasteiger partial charge in [-0.25, -0.2) is 4.79 Å². The molecule has 1 aliphatic heterocycles. The predicted molar refractivity (Wildman–Crippen MR) is 73.2 cm³/mol. The molecular formula is C13H16BrNO3. The van der Waals surface area contributed by atoms with Crippen LogP contribution in [0.3, 0.4) is 0 Å². The van der Waals surface area contributed by atoms with Crippen LogP contribution >= 0.6 is 15.9 Å². The summed E-state index contributed by atoms with van der Waals surface area (Å²) in [7, 11) is 0. The molecule has 98 valence electrons. The molecule has 1 fully saturated rings. The fraction of sp³-hybridized carbons (Fsp3) is 0.462. The number of hydrogen-bond donors (Lipinski definition) is 2. The predicted octanol–water partition coefficient (Wildman–Crippen LogP) is 3.13. The normalized spacial score (nSPS) is 19.5. The smallest absolute Gasteiger partial charge is 0.335 e. The van der Waals surface area contributed by atoms with E-state index in [9.17, 15) is 4.79 Å². The first kappa shape index (κ1) is 13.4. The maximum absolute atomic E-state index is 10.9. The van der Waals surface area contributed by atoms with E-state index < -0.39 is 5.97 Å². The Morgan fingerprint density at radius 2 is 2.28 bits per heavy atom.